The molecule has 0 saturated carbocycles. The maximum atomic E-state index is 11.8. The van der Waals surface area contributed by atoms with Crippen molar-refractivity contribution < 1.29 is 9.72 Å². The van der Waals surface area contributed by atoms with E-state index in [4.69, 9.17) is 23.8 Å². The van der Waals surface area contributed by atoms with Gasteiger partial charge in [0.15, 0.2) is 0 Å². The molecule has 0 bridgehead atoms. The summed E-state index contributed by atoms with van der Waals surface area (Å²) < 4.78 is 0.458. The van der Waals surface area contributed by atoms with Crippen LogP contribution in [0.15, 0.2) is 23.1 Å². The number of halogens is 1. The zero-order chi connectivity index (χ0) is 14.2. The van der Waals surface area contributed by atoms with Crippen LogP contribution in [-0.4, -0.2) is 27.1 Å². The zero-order valence-corrected chi connectivity index (χ0v) is 12.0. The summed E-state index contributed by atoms with van der Waals surface area (Å²) in [5, 5.41) is 10.8. The van der Waals surface area contributed by atoms with Gasteiger partial charge in [0.25, 0.3) is 11.6 Å². The summed E-state index contributed by atoms with van der Waals surface area (Å²) in [5.74, 6) is -0.215. The monoisotopic (exact) mass is 314 g/mol. The Labute approximate surface area is 123 Å². The lowest BCUT2D eigenvalue weighted by molar-refractivity contribution is -0.384. The third kappa shape index (κ3) is 2.78. The fourth-order valence-corrected chi connectivity index (χ4v) is 2.82. The lowest BCUT2D eigenvalue weighted by Crippen LogP contribution is -2.22. The zero-order valence-electron chi connectivity index (χ0n) is 9.62. The van der Waals surface area contributed by atoms with Crippen molar-refractivity contribution in [2.75, 3.05) is 7.05 Å². The largest absolute Gasteiger partial charge is 0.296 e. The lowest BCUT2D eigenvalue weighted by Gasteiger charge is -2.03. The van der Waals surface area contributed by atoms with Crippen LogP contribution in [0.2, 0.25) is 5.02 Å². The molecule has 19 heavy (non-hydrogen) atoms. The van der Waals surface area contributed by atoms with Gasteiger partial charge in [-0.2, -0.15) is 0 Å². The number of carbonyl (C=O) groups is 1. The molecule has 1 aliphatic rings. The highest BCUT2D eigenvalue weighted by atomic mass is 35.5. The van der Waals surface area contributed by atoms with E-state index in [1.165, 1.54) is 17.0 Å². The molecule has 0 aliphatic carbocycles. The summed E-state index contributed by atoms with van der Waals surface area (Å²) >= 11 is 11.9. The average Bonchev–Trinajstić information content (AvgIpc) is 2.59. The van der Waals surface area contributed by atoms with Crippen LogP contribution < -0.4 is 0 Å². The third-order valence-corrected chi connectivity index (χ3v) is 4.26. The second-order valence-corrected chi connectivity index (χ2v) is 5.79. The summed E-state index contributed by atoms with van der Waals surface area (Å²) in [6.45, 7) is 0. The molecule has 0 aromatic heterocycles. The van der Waals surface area contributed by atoms with Crippen molar-refractivity contribution in [1.82, 2.24) is 4.90 Å². The Morgan fingerprint density at radius 1 is 1.53 bits per heavy atom. The quantitative estimate of drug-likeness (QED) is 0.363. The first-order valence-corrected chi connectivity index (χ1v) is 6.66. The van der Waals surface area contributed by atoms with Crippen molar-refractivity contribution in [3.05, 3.63) is 43.8 Å². The van der Waals surface area contributed by atoms with Gasteiger partial charge in [-0.05, 0) is 17.7 Å². The Morgan fingerprint density at radius 3 is 2.74 bits per heavy atom. The highest BCUT2D eigenvalue weighted by Gasteiger charge is 2.28. The Hall–Kier alpha value is -1.44. The number of nitro groups is 1. The maximum Gasteiger partial charge on any atom is 0.288 e. The molecule has 1 heterocycles. The highest BCUT2D eigenvalue weighted by molar-refractivity contribution is 8.26. The Bertz CT molecular complexity index is 630. The van der Waals surface area contributed by atoms with Gasteiger partial charge in [0.05, 0.1) is 9.83 Å². The van der Waals surface area contributed by atoms with E-state index in [9.17, 15) is 14.9 Å². The smallest absolute Gasteiger partial charge is 0.288 e. The molecule has 1 fully saturated rings. The topological polar surface area (TPSA) is 63.5 Å². The van der Waals surface area contributed by atoms with E-state index in [1.54, 1.807) is 19.2 Å². The van der Waals surface area contributed by atoms with Gasteiger partial charge in [-0.25, -0.2) is 0 Å². The molecule has 0 spiro atoms. The fourth-order valence-electron chi connectivity index (χ4n) is 1.46. The standard InChI is InChI=1S/C11H7ClN2O3S2/c1-13-10(15)9(19-11(13)18)5-6-2-3-7(12)8(4-6)14(16)17/h2-5H,1H3/b9-5-. The van der Waals surface area contributed by atoms with Gasteiger partial charge >= 0.3 is 0 Å². The summed E-state index contributed by atoms with van der Waals surface area (Å²) in [6, 6.07) is 4.36. The number of nitrogens with zero attached hydrogens (tertiary/aromatic N) is 2. The number of likely N-dealkylation sites (N-methyl/N-ethyl adjacent to an activating group) is 1. The fraction of sp³-hybridized carbons (Fsp3) is 0.0909. The van der Waals surface area contributed by atoms with Crippen molar-refractivity contribution >= 4 is 57.6 Å². The highest BCUT2D eigenvalue weighted by Crippen LogP contribution is 2.33. The van der Waals surface area contributed by atoms with Crippen molar-refractivity contribution in [3.8, 4) is 0 Å². The van der Waals surface area contributed by atoms with E-state index in [1.807, 2.05) is 0 Å². The number of thioether (sulfide) groups is 1. The summed E-state index contributed by atoms with van der Waals surface area (Å²) in [6.07, 6.45) is 1.56. The van der Waals surface area contributed by atoms with Crippen LogP contribution in [0.5, 0.6) is 0 Å². The molecule has 1 saturated heterocycles. The minimum absolute atomic E-state index is 0.0604. The van der Waals surface area contributed by atoms with E-state index in [-0.39, 0.29) is 16.6 Å². The molecular formula is C11H7ClN2O3S2. The van der Waals surface area contributed by atoms with Crippen molar-refractivity contribution in [2.24, 2.45) is 0 Å². The molecule has 0 radical (unpaired) electrons. The number of carbonyl (C=O) groups excluding carboxylic acids is 1. The molecular weight excluding hydrogens is 308 g/mol. The minimum atomic E-state index is -0.565. The number of hydrogen-bond acceptors (Lipinski definition) is 5. The average molecular weight is 315 g/mol. The van der Waals surface area contributed by atoms with Crippen LogP contribution in [0.25, 0.3) is 6.08 Å². The number of amides is 1. The molecule has 0 N–H and O–H groups in total. The van der Waals surface area contributed by atoms with Gasteiger partial charge in [-0.15, -0.1) is 0 Å². The molecule has 1 aromatic carbocycles. The summed E-state index contributed by atoms with van der Waals surface area (Å²) in [5.41, 5.74) is 0.340. The number of hydrogen-bond donors (Lipinski definition) is 0. The number of thiocarbonyl (C=S) groups is 1. The van der Waals surface area contributed by atoms with Gasteiger partial charge in [-0.3, -0.25) is 19.8 Å². The molecule has 2 rings (SSSR count). The molecule has 98 valence electrons. The molecule has 8 heteroatoms. The maximum absolute atomic E-state index is 11.8. The minimum Gasteiger partial charge on any atom is -0.296 e. The second-order valence-electron chi connectivity index (χ2n) is 3.71. The predicted octanol–water partition coefficient (Wildman–Crippen LogP) is 3.08. The van der Waals surface area contributed by atoms with Crippen molar-refractivity contribution in [1.29, 1.82) is 0 Å². The molecule has 1 amide bonds. The van der Waals surface area contributed by atoms with E-state index in [0.717, 1.165) is 11.8 Å². The van der Waals surface area contributed by atoms with Crippen molar-refractivity contribution in [3.63, 3.8) is 0 Å². The number of rotatable bonds is 2. The Balaban J connectivity index is 2.39. The van der Waals surface area contributed by atoms with E-state index in [2.05, 4.69) is 0 Å². The van der Waals surface area contributed by atoms with Crippen LogP contribution in [0.1, 0.15) is 5.56 Å². The molecule has 0 atom stereocenters. The number of nitro benzene ring substituents is 1. The van der Waals surface area contributed by atoms with E-state index < -0.39 is 4.92 Å². The predicted molar refractivity (Wildman–Crippen MR) is 79.0 cm³/mol. The van der Waals surface area contributed by atoms with Crippen LogP contribution in [-0.2, 0) is 4.79 Å². The molecule has 5 nitrogen and oxygen atoms in total. The molecule has 1 aliphatic heterocycles. The van der Waals surface area contributed by atoms with Crippen LogP contribution in [0.4, 0.5) is 5.69 Å². The van der Waals surface area contributed by atoms with Gasteiger partial charge in [-0.1, -0.05) is 41.6 Å². The Kier molecular flexibility index (Phi) is 3.88. The number of benzene rings is 1. The first-order valence-electron chi connectivity index (χ1n) is 5.05. The van der Waals surface area contributed by atoms with Gasteiger partial charge in [0.1, 0.15) is 9.34 Å². The Morgan fingerprint density at radius 2 is 2.21 bits per heavy atom. The van der Waals surface area contributed by atoms with E-state index in [0.29, 0.717) is 14.8 Å². The normalized spacial score (nSPS) is 17.4. The summed E-state index contributed by atoms with van der Waals surface area (Å²) in [7, 11) is 1.59. The molecule has 0 unspecified atom stereocenters. The van der Waals surface area contributed by atoms with Crippen LogP contribution >= 0.6 is 35.6 Å². The van der Waals surface area contributed by atoms with Crippen molar-refractivity contribution in [2.45, 2.75) is 0 Å². The van der Waals surface area contributed by atoms with Crippen LogP contribution in [0, 0.1) is 10.1 Å². The summed E-state index contributed by atoms with van der Waals surface area (Å²) in [4.78, 5) is 23.8. The SMILES string of the molecule is CN1C(=O)/C(=C/c2ccc(Cl)c([N+](=O)[O-])c2)SC1=S. The van der Waals surface area contributed by atoms with Gasteiger partial charge < -0.3 is 0 Å². The first-order chi connectivity index (χ1) is 8.90. The van der Waals surface area contributed by atoms with Gasteiger partial charge in [0.2, 0.25) is 0 Å². The third-order valence-electron chi connectivity index (χ3n) is 2.45. The lowest BCUT2D eigenvalue weighted by atomic mass is 10.2. The van der Waals surface area contributed by atoms with E-state index >= 15 is 0 Å². The second kappa shape index (κ2) is 5.28. The molecule has 1 aromatic rings. The van der Waals surface area contributed by atoms with Gasteiger partial charge in [0, 0.05) is 13.1 Å². The first kappa shape index (κ1) is 14.0. The van der Waals surface area contributed by atoms with Crippen LogP contribution in [0.3, 0.4) is 0 Å².